The van der Waals surface area contributed by atoms with Crippen molar-refractivity contribution in [3.8, 4) is 0 Å². The summed E-state index contributed by atoms with van der Waals surface area (Å²) in [6, 6.07) is 31.8. The molecular weight excluding hydrogens is 497 g/mol. The molecule has 4 nitrogen and oxygen atoms in total. The van der Waals surface area contributed by atoms with Crippen molar-refractivity contribution in [1.29, 1.82) is 0 Å². The lowest BCUT2D eigenvalue weighted by Gasteiger charge is -2.34. The van der Waals surface area contributed by atoms with E-state index >= 15 is 0 Å². The quantitative estimate of drug-likeness (QED) is 0.286. The maximum absolute atomic E-state index is 13.8. The molecule has 2 unspecified atom stereocenters. The number of piperidine rings is 1. The number of carbonyl (C=O) groups excluding carboxylic acids is 1. The summed E-state index contributed by atoms with van der Waals surface area (Å²) in [5, 5.41) is 5.82. The molecule has 206 valence electrons. The molecule has 0 radical (unpaired) electrons. The van der Waals surface area contributed by atoms with Crippen LogP contribution in [0.3, 0.4) is 0 Å². The number of fused-ring (bicyclic) bond motifs is 1. The summed E-state index contributed by atoms with van der Waals surface area (Å²) >= 11 is 0. The van der Waals surface area contributed by atoms with Crippen LogP contribution < -0.4 is 5.32 Å². The maximum atomic E-state index is 13.8. The third kappa shape index (κ3) is 6.11. The maximum Gasteiger partial charge on any atom is 0.254 e. The first-order valence-electron chi connectivity index (χ1n) is 14.6. The van der Waals surface area contributed by atoms with Gasteiger partial charge in [0.2, 0.25) is 0 Å². The molecule has 2 heterocycles. The predicted molar refractivity (Wildman–Crippen MR) is 160 cm³/mol. The van der Waals surface area contributed by atoms with Crippen molar-refractivity contribution >= 4 is 16.7 Å². The van der Waals surface area contributed by atoms with E-state index in [1.807, 2.05) is 42.5 Å². The first kappa shape index (κ1) is 26.7. The molecule has 40 heavy (non-hydrogen) atoms. The summed E-state index contributed by atoms with van der Waals surface area (Å²) in [5.41, 5.74) is 3.33. The fourth-order valence-electron chi connectivity index (χ4n) is 6.64. The van der Waals surface area contributed by atoms with Crippen LogP contribution in [0.2, 0.25) is 0 Å². The zero-order valence-electron chi connectivity index (χ0n) is 23.0. The fourth-order valence-corrected chi connectivity index (χ4v) is 6.64. The molecule has 6 rings (SSSR count). The van der Waals surface area contributed by atoms with Crippen LogP contribution in [0.15, 0.2) is 97.1 Å². The van der Waals surface area contributed by atoms with Gasteiger partial charge in [-0.25, -0.2) is 4.39 Å². The molecule has 0 saturated carbocycles. The Balaban J connectivity index is 1.13. The molecule has 4 aromatic carbocycles. The number of nitrogens with zero attached hydrogens (tertiary/aromatic N) is 2. The molecule has 4 aromatic rings. The molecule has 2 saturated heterocycles. The van der Waals surface area contributed by atoms with E-state index in [1.165, 1.54) is 11.1 Å². The fraction of sp³-hybridized carbons (Fsp3) is 0.343. The van der Waals surface area contributed by atoms with Gasteiger partial charge >= 0.3 is 0 Å². The number of benzene rings is 4. The molecule has 2 atom stereocenters. The Labute approximate surface area is 236 Å². The molecule has 2 aliphatic heterocycles. The van der Waals surface area contributed by atoms with E-state index in [4.69, 9.17) is 0 Å². The highest BCUT2D eigenvalue weighted by atomic mass is 19.1. The standard InChI is InChI=1S/C35H38FN3O/c36-32-15-13-27(14-16-32)28-17-19-38(20-18-28)23-31-25-39(24-30(31)22-37-21-26-7-2-1-3-8-26)35(40)34-12-6-10-29-9-4-5-11-33(29)34/h1-16,28,30-31,37H,17-25H2. The number of hydrogen-bond acceptors (Lipinski definition) is 3. The van der Waals surface area contributed by atoms with Gasteiger partial charge < -0.3 is 15.1 Å². The first-order valence-corrected chi connectivity index (χ1v) is 14.6. The monoisotopic (exact) mass is 535 g/mol. The van der Waals surface area contributed by atoms with Gasteiger partial charge in [-0.1, -0.05) is 78.9 Å². The van der Waals surface area contributed by atoms with Crippen molar-refractivity contribution in [3.05, 3.63) is 120 Å². The number of carbonyl (C=O) groups is 1. The Kier molecular flexibility index (Phi) is 8.22. The summed E-state index contributed by atoms with van der Waals surface area (Å²) in [7, 11) is 0. The van der Waals surface area contributed by atoms with E-state index in [-0.39, 0.29) is 11.7 Å². The number of rotatable bonds is 8. The van der Waals surface area contributed by atoms with Crippen molar-refractivity contribution in [2.75, 3.05) is 39.3 Å². The summed E-state index contributed by atoms with van der Waals surface area (Å²) in [4.78, 5) is 18.5. The van der Waals surface area contributed by atoms with Gasteiger partial charge in [0.25, 0.3) is 5.91 Å². The number of nitrogens with one attached hydrogen (secondary N) is 1. The summed E-state index contributed by atoms with van der Waals surface area (Å²) in [6.45, 7) is 6.39. The Bertz CT molecular complexity index is 1410. The molecule has 0 bridgehead atoms. The van der Waals surface area contributed by atoms with Crippen molar-refractivity contribution in [2.24, 2.45) is 11.8 Å². The average molecular weight is 536 g/mol. The third-order valence-electron chi connectivity index (χ3n) is 8.88. The Hall–Kier alpha value is -3.54. The SMILES string of the molecule is O=C(c1cccc2ccccc12)N1CC(CNCc2ccccc2)C(CN2CCC(c3ccc(F)cc3)CC2)C1. The van der Waals surface area contributed by atoms with Gasteiger partial charge in [0.1, 0.15) is 5.82 Å². The topological polar surface area (TPSA) is 35.6 Å². The van der Waals surface area contributed by atoms with Crippen LogP contribution in [0, 0.1) is 17.7 Å². The van der Waals surface area contributed by atoms with Crippen LogP contribution in [0.5, 0.6) is 0 Å². The lowest BCUT2D eigenvalue weighted by molar-refractivity contribution is 0.0782. The predicted octanol–water partition coefficient (Wildman–Crippen LogP) is 6.34. The Morgan fingerprint density at radius 2 is 1.50 bits per heavy atom. The molecule has 1 amide bonds. The van der Waals surface area contributed by atoms with Crippen LogP contribution in [-0.2, 0) is 6.54 Å². The highest BCUT2D eigenvalue weighted by molar-refractivity contribution is 6.07. The highest BCUT2D eigenvalue weighted by Crippen LogP contribution is 2.32. The molecule has 1 N–H and O–H groups in total. The van der Waals surface area contributed by atoms with Crippen LogP contribution in [-0.4, -0.2) is 55.0 Å². The summed E-state index contributed by atoms with van der Waals surface area (Å²) < 4.78 is 13.4. The molecule has 0 aliphatic carbocycles. The second-order valence-corrected chi connectivity index (χ2v) is 11.5. The van der Waals surface area contributed by atoms with Crippen LogP contribution in [0.4, 0.5) is 4.39 Å². The lowest BCUT2D eigenvalue weighted by Crippen LogP contribution is -2.40. The van der Waals surface area contributed by atoms with E-state index in [0.717, 1.165) is 75.0 Å². The lowest BCUT2D eigenvalue weighted by atomic mass is 9.88. The largest absolute Gasteiger partial charge is 0.338 e. The second-order valence-electron chi connectivity index (χ2n) is 11.5. The van der Waals surface area contributed by atoms with Crippen molar-refractivity contribution in [2.45, 2.75) is 25.3 Å². The van der Waals surface area contributed by atoms with Crippen LogP contribution >= 0.6 is 0 Å². The molecule has 0 aromatic heterocycles. The van der Waals surface area contributed by atoms with Crippen LogP contribution in [0.1, 0.15) is 40.2 Å². The van der Waals surface area contributed by atoms with E-state index in [0.29, 0.717) is 17.8 Å². The van der Waals surface area contributed by atoms with E-state index in [2.05, 4.69) is 57.6 Å². The Morgan fingerprint density at radius 1 is 0.800 bits per heavy atom. The summed E-state index contributed by atoms with van der Waals surface area (Å²) in [5.74, 6) is 1.29. The van der Waals surface area contributed by atoms with E-state index < -0.39 is 0 Å². The second kappa shape index (κ2) is 12.3. The van der Waals surface area contributed by atoms with Gasteiger partial charge in [-0.3, -0.25) is 4.79 Å². The zero-order valence-corrected chi connectivity index (χ0v) is 23.0. The highest BCUT2D eigenvalue weighted by Gasteiger charge is 2.37. The minimum Gasteiger partial charge on any atom is -0.338 e. The van der Waals surface area contributed by atoms with Crippen molar-refractivity contribution in [3.63, 3.8) is 0 Å². The normalized spacial score (nSPS) is 20.3. The van der Waals surface area contributed by atoms with Crippen molar-refractivity contribution < 1.29 is 9.18 Å². The smallest absolute Gasteiger partial charge is 0.254 e. The van der Waals surface area contributed by atoms with Gasteiger partial charge in [0.15, 0.2) is 0 Å². The van der Waals surface area contributed by atoms with Gasteiger partial charge in [-0.2, -0.15) is 0 Å². The molecule has 5 heteroatoms. The third-order valence-corrected chi connectivity index (χ3v) is 8.88. The molecule has 2 fully saturated rings. The van der Waals surface area contributed by atoms with E-state index in [1.54, 1.807) is 12.1 Å². The number of likely N-dealkylation sites (tertiary alicyclic amines) is 2. The number of hydrogen-bond donors (Lipinski definition) is 1. The van der Waals surface area contributed by atoms with Gasteiger partial charge in [0.05, 0.1) is 0 Å². The van der Waals surface area contributed by atoms with E-state index in [9.17, 15) is 9.18 Å². The van der Waals surface area contributed by atoms with Crippen LogP contribution in [0.25, 0.3) is 10.8 Å². The molecule has 2 aliphatic rings. The molecular formula is C35H38FN3O. The summed E-state index contributed by atoms with van der Waals surface area (Å²) in [6.07, 6.45) is 2.18. The number of halogens is 1. The first-order chi connectivity index (χ1) is 19.6. The zero-order chi connectivity index (χ0) is 27.3. The minimum absolute atomic E-state index is 0.141. The van der Waals surface area contributed by atoms with Gasteiger partial charge in [0, 0.05) is 38.3 Å². The number of amides is 1. The Morgan fingerprint density at radius 3 is 2.30 bits per heavy atom. The average Bonchev–Trinajstić information content (AvgIpc) is 3.40. The minimum atomic E-state index is -0.170. The van der Waals surface area contributed by atoms with Crippen molar-refractivity contribution in [1.82, 2.24) is 15.1 Å². The van der Waals surface area contributed by atoms with Gasteiger partial charge in [-0.15, -0.1) is 0 Å². The molecule has 0 spiro atoms. The van der Waals surface area contributed by atoms with Gasteiger partial charge in [-0.05, 0) is 83.8 Å².